The predicted octanol–water partition coefficient (Wildman–Crippen LogP) is 5.21. The molecule has 1 fully saturated rings. The molecule has 15 heteroatoms. The molecule has 0 saturated carbocycles. The molecule has 6 rings (SSSR count). The van der Waals surface area contributed by atoms with Crippen molar-refractivity contribution in [1.82, 2.24) is 25.7 Å². The average molecular weight is 741 g/mol. The van der Waals surface area contributed by atoms with Crippen molar-refractivity contribution in [3.8, 4) is 0 Å². The normalized spacial score (nSPS) is 17.4. The van der Waals surface area contributed by atoms with Gasteiger partial charge in [0, 0.05) is 18.2 Å². The van der Waals surface area contributed by atoms with Crippen LogP contribution >= 0.6 is 23.1 Å². The lowest BCUT2D eigenvalue weighted by molar-refractivity contribution is -0.154. The number of carbonyl (C=O) groups excluding carboxylic acids is 5. The number of hydrogen-bond acceptors (Lipinski definition) is 11. The van der Waals surface area contributed by atoms with E-state index in [9.17, 15) is 24.0 Å². The second-order valence-corrected chi connectivity index (χ2v) is 15.0. The summed E-state index contributed by atoms with van der Waals surface area (Å²) in [6.45, 7) is 6.47. The number of β-lactam (4-membered cyclic amide) rings is 1. The van der Waals surface area contributed by atoms with Gasteiger partial charge in [0.05, 0.1) is 0 Å². The highest BCUT2D eigenvalue weighted by molar-refractivity contribution is 8.00. The first-order valence-corrected chi connectivity index (χ1v) is 18.2. The lowest BCUT2D eigenvalue weighted by Crippen LogP contribution is -2.71. The number of rotatable bonds is 10. The zero-order valence-electron chi connectivity index (χ0n) is 28.7. The highest BCUT2D eigenvalue weighted by atomic mass is 32.2. The molecular weight excluding hydrogens is 705 g/mol. The van der Waals surface area contributed by atoms with Crippen LogP contribution in [-0.2, 0) is 28.7 Å². The number of hydrogen-bond donors (Lipinski definition) is 3. The van der Waals surface area contributed by atoms with Crippen LogP contribution in [0.5, 0.6) is 0 Å². The van der Waals surface area contributed by atoms with E-state index < -0.39 is 53.0 Å². The van der Waals surface area contributed by atoms with Gasteiger partial charge in [0.2, 0.25) is 16.9 Å². The van der Waals surface area contributed by atoms with E-state index in [2.05, 4.69) is 26.1 Å². The van der Waals surface area contributed by atoms with E-state index in [0.717, 1.165) is 22.5 Å². The van der Waals surface area contributed by atoms with Crippen molar-refractivity contribution >= 4 is 63.6 Å². The minimum atomic E-state index is -1.17. The van der Waals surface area contributed by atoms with Gasteiger partial charge < -0.3 is 25.4 Å². The maximum absolute atomic E-state index is 14.4. The molecule has 0 bridgehead atoms. The van der Waals surface area contributed by atoms with E-state index in [1.807, 2.05) is 60.7 Å². The third-order valence-electron chi connectivity index (χ3n) is 7.91. The van der Waals surface area contributed by atoms with Crippen molar-refractivity contribution in [2.45, 2.75) is 56.9 Å². The lowest BCUT2D eigenvalue weighted by atomic mass is 10.00. The summed E-state index contributed by atoms with van der Waals surface area (Å²) in [6.07, 6.45) is -1.61. The summed E-state index contributed by atoms with van der Waals surface area (Å²) in [7, 11) is 0. The molecule has 52 heavy (non-hydrogen) atoms. The van der Waals surface area contributed by atoms with Crippen molar-refractivity contribution in [2.75, 3.05) is 11.1 Å². The lowest BCUT2D eigenvalue weighted by Gasteiger charge is -2.49. The molecule has 1 aromatic heterocycles. The third-order valence-corrected chi connectivity index (χ3v) is 10.1. The number of anilines is 1. The van der Waals surface area contributed by atoms with Gasteiger partial charge in [0.25, 0.3) is 5.91 Å². The van der Waals surface area contributed by atoms with Gasteiger partial charge >= 0.3 is 12.1 Å². The summed E-state index contributed by atoms with van der Waals surface area (Å²) < 4.78 is 11.6. The van der Waals surface area contributed by atoms with E-state index in [4.69, 9.17) is 9.47 Å². The van der Waals surface area contributed by atoms with Crippen molar-refractivity contribution in [1.29, 1.82) is 0 Å². The molecule has 4 amide bonds. The van der Waals surface area contributed by atoms with E-state index in [1.165, 1.54) is 23.6 Å². The molecular formula is C37H36N6O7S2. The van der Waals surface area contributed by atoms with Crippen LogP contribution < -0.4 is 16.0 Å². The second-order valence-electron chi connectivity index (χ2n) is 12.9. The largest absolute Gasteiger partial charge is 0.448 e. The summed E-state index contributed by atoms with van der Waals surface area (Å²) in [5.74, 6) is -2.09. The van der Waals surface area contributed by atoms with Gasteiger partial charge in [-0.25, -0.2) is 9.59 Å². The third kappa shape index (κ3) is 8.16. The Morgan fingerprint density at radius 3 is 2.00 bits per heavy atom. The molecule has 0 spiro atoms. The smallest absolute Gasteiger partial charge is 0.408 e. The molecule has 3 N–H and O–H groups in total. The number of fused-ring (bicyclic) bond motifs is 1. The van der Waals surface area contributed by atoms with Crippen LogP contribution in [0.2, 0.25) is 0 Å². The molecule has 0 aliphatic carbocycles. The van der Waals surface area contributed by atoms with Gasteiger partial charge in [-0.1, -0.05) is 102 Å². The molecule has 13 nitrogen and oxygen atoms in total. The molecule has 0 radical (unpaired) electrons. The summed E-state index contributed by atoms with van der Waals surface area (Å²) in [5.41, 5.74) is 1.48. The Balaban J connectivity index is 1.31. The topological polar surface area (TPSA) is 169 Å². The first-order valence-electron chi connectivity index (χ1n) is 16.3. The number of alkyl carbamates (subject to hydrolysis) is 1. The predicted molar refractivity (Wildman–Crippen MR) is 196 cm³/mol. The quantitative estimate of drug-likeness (QED) is 0.145. The van der Waals surface area contributed by atoms with Crippen LogP contribution in [0.15, 0.2) is 96.7 Å². The number of nitrogens with one attached hydrogen (secondary N) is 3. The molecule has 4 aromatic rings. The number of esters is 1. The van der Waals surface area contributed by atoms with Crippen molar-refractivity contribution in [2.24, 2.45) is 0 Å². The molecule has 3 aromatic carbocycles. The van der Waals surface area contributed by atoms with E-state index in [1.54, 1.807) is 51.1 Å². The Morgan fingerprint density at radius 1 is 0.865 bits per heavy atom. The highest BCUT2D eigenvalue weighted by Gasteiger charge is 2.55. The zero-order valence-corrected chi connectivity index (χ0v) is 30.3. The van der Waals surface area contributed by atoms with Crippen LogP contribution in [-0.4, -0.2) is 67.7 Å². The van der Waals surface area contributed by atoms with Crippen LogP contribution in [0.4, 0.5) is 9.93 Å². The Labute approximate surface area is 308 Å². The molecule has 3 atom stereocenters. The number of amides is 4. The summed E-state index contributed by atoms with van der Waals surface area (Å²) in [4.78, 5) is 68.0. The monoisotopic (exact) mass is 740 g/mol. The Hall–Kier alpha value is -5.54. The van der Waals surface area contributed by atoms with E-state index in [-0.39, 0.29) is 22.5 Å². The van der Waals surface area contributed by atoms with Gasteiger partial charge in [-0.2, -0.15) is 0 Å². The van der Waals surface area contributed by atoms with Gasteiger partial charge in [0.15, 0.2) is 6.10 Å². The summed E-state index contributed by atoms with van der Waals surface area (Å²) >= 11 is 2.38. The number of aromatic nitrogens is 2. The molecule has 2 aliphatic rings. The maximum Gasteiger partial charge on any atom is 0.408 e. The Bertz CT molecular complexity index is 1960. The van der Waals surface area contributed by atoms with E-state index >= 15 is 0 Å². The summed E-state index contributed by atoms with van der Waals surface area (Å²) in [6, 6.07) is 24.9. The number of benzene rings is 3. The number of carbonyl (C=O) groups is 5. The zero-order chi connectivity index (χ0) is 37.0. The van der Waals surface area contributed by atoms with Crippen LogP contribution in [0.25, 0.3) is 5.57 Å². The van der Waals surface area contributed by atoms with Crippen LogP contribution in [0.1, 0.15) is 61.5 Å². The molecule has 2 unspecified atom stereocenters. The minimum absolute atomic E-state index is 0.0341. The fourth-order valence-electron chi connectivity index (χ4n) is 5.67. The number of thioether (sulfide) groups is 1. The number of ether oxygens (including phenoxy) is 2. The summed E-state index contributed by atoms with van der Waals surface area (Å²) in [5, 5.41) is 16.1. The van der Waals surface area contributed by atoms with Crippen molar-refractivity contribution < 1.29 is 33.4 Å². The van der Waals surface area contributed by atoms with Crippen LogP contribution in [0, 0.1) is 0 Å². The average Bonchev–Trinajstić information content (AvgIpc) is 3.58. The first kappa shape index (κ1) is 36.3. The minimum Gasteiger partial charge on any atom is -0.448 e. The van der Waals surface area contributed by atoms with Crippen LogP contribution in [0.3, 0.4) is 0 Å². The van der Waals surface area contributed by atoms with Gasteiger partial charge in [-0.3, -0.25) is 19.3 Å². The number of nitrogens with zero attached hydrogens (tertiary/aromatic N) is 3. The van der Waals surface area contributed by atoms with Gasteiger partial charge in [-0.05, 0) is 37.5 Å². The Morgan fingerprint density at radius 2 is 1.44 bits per heavy atom. The van der Waals surface area contributed by atoms with E-state index in [0.29, 0.717) is 16.1 Å². The molecule has 3 heterocycles. The molecule has 2 aliphatic heterocycles. The Kier molecular flexibility index (Phi) is 10.7. The molecule has 1 saturated heterocycles. The highest BCUT2D eigenvalue weighted by Crippen LogP contribution is 2.45. The van der Waals surface area contributed by atoms with Gasteiger partial charge in [-0.15, -0.1) is 22.0 Å². The fourth-order valence-corrected chi connectivity index (χ4v) is 7.94. The second kappa shape index (κ2) is 15.4. The maximum atomic E-state index is 14.4. The first-order chi connectivity index (χ1) is 24.9. The van der Waals surface area contributed by atoms with Gasteiger partial charge in [0.1, 0.15) is 33.8 Å². The fraction of sp³-hybridized carbons (Fsp3) is 0.270. The van der Waals surface area contributed by atoms with Crippen molar-refractivity contribution in [3.63, 3.8) is 0 Å². The molecule has 268 valence electrons. The SMILES string of the molecule is CC(=O)Nc1nnc(C2=C(C(=O)OC(c3ccccc3)c3ccccc3)N3C(=O)C(NC(=O)C(NC(=O)OC(C)(C)C)c4ccccc4)[C@@H]3SC2)s1. The van der Waals surface area contributed by atoms with Crippen molar-refractivity contribution in [3.05, 3.63) is 118 Å². The standard InChI is InChI=1S/C37H36N6O7S2/c1-21(44)38-35-42-41-31(52-35)25-20-51-33-27(39-30(45)26(22-14-8-5-9-15-22)40-36(48)50-37(2,3)4)32(46)43(33)28(25)34(47)49-29(23-16-10-6-11-17-23)24-18-12-7-13-19-24/h5-19,26-27,29,33H,20H2,1-4H3,(H,39,45)(H,40,48)(H,38,42,44)/t26?,27?,33-/m0/s1.